The number of hydrogen-bond acceptors (Lipinski definition) is 1. The summed E-state index contributed by atoms with van der Waals surface area (Å²) < 4.78 is 0. The van der Waals surface area contributed by atoms with E-state index in [0.717, 1.165) is 23.7 Å². The van der Waals surface area contributed by atoms with Gasteiger partial charge in [-0.3, -0.25) is 0 Å². The molecule has 0 radical (unpaired) electrons. The number of hydrogen-bond donors (Lipinski definition) is 1. The summed E-state index contributed by atoms with van der Waals surface area (Å²) in [6, 6.07) is 0. The molecule has 3 aliphatic rings. The zero-order valence-electron chi connectivity index (χ0n) is 12.2. The van der Waals surface area contributed by atoms with Gasteiger partial charge in [0.05, 0.1) is 5.60 Å². The summed E-state index contributed by atoms with van der Waals surface area (Å²) in [6.45, 7) is 4.10. The molecule has 3 rings (SSSR count). The van der Waals surface area contributed by atoms with Crippen molar-refractivity contribution in [2.45, 2.75) is 77.2 Å². The Kier molecular flexibility index (Phi) is 3.47. The molecule has 0 aromatic rings. The van der Waals surface area contributed by atoms with Gasteiger partial charge in [0.25, 0.3) is 0 Å². The quantitative estimate of drug-likeness (QED) is 0.732. The molecule has 18 heavy (non-hydrogen) atoms. The highest BCUT2D eigenvalue weighted by Gasteiger charge is 2.46. The SMILES string of the molecule is CC(C)(O)C1CCCC2CC3CCCCC3CC21. The van der Waals surface area contributed by atoms with Crippen molar-refractivity contribution in [3.63, 3.8) is 0 Å². The Bertz CT molecular complexity index is 290. The minimum atomic E-state index is -0.454. The van der Waals surface area contributed by atoms with Gasteiger partial charge in [-0.1, -0.05) is 38.5 Å². The maximum Gasteiger partial charge on any atom is 0.0622 e. The summed E-state index contributed by atoms with van der Waals surface area (Å²) in [5.74, 6) is 4.38. The Morgan fingerprint density at radius 3 is 2.06 bits per heavy atom. The van der Waals surface area contributed by atoms with E-state index in [0.29, 0.717) is 5.92 Å². The fourth-order valence-electron chi connectivity index (χ4n) is 5.53. The third kappa shape index (κ3) is 2.35. The monoisotopic (exact) mass is 250 g/mol. The lowest BCUT2D eigenvalue weighted by molar-refractivity contribution is -0.0769. The first-order valence-electron chi connectivity index (χ1n) is 8.28. The van der Waals surface area contributed by atoms with Crippen molar-refractivity contribution in [1.82, 2.24) is 0 Å². The molecule has 0 aromatic carbocycles. The maximum absolute atomic E-state index is 10.5. The Hall–Kier alpha value is -0.0400. The van der Waals surface area contributed by atoms with E-state index in [1.165, 1.54) is 57.8 Å². The van der Waals surface area contributed by atoms with E-state index in [2.05, 4.69) is 0 Å². The van der Waals surface area contributed by atoms with Crippen molar-refractivity contribution in [3.05, 3.63) is 0 Å². The van der Waals surface area contributed by atoms with Gasteiger partial charge in [-0.2, -0.15) is 0 Å². The summed E-state index contributed by atoms with van der Waals surface area (Å²) in [5, 5.41) is 10.5. The van der Waals surface area contributed by atoms with Crippen molar-refractivity contribution in [2.24, 2.45) is 29.6 Å². The van der Waals surface area contributed by atoms with Crippen LogP contribution in [0.5, 0.6) is 0 Å². The molecular weight excluding hydrogens is 220 g/mol. The van der Waals surface area contributed by atoms with Crippen LogP contribution in [0.3, 0.4) is 0 Å². The molecule has 1 heteroatoms. The second kappa shape index (κ2) is 4.81. The van der Waals surface area contributed by atoms with Crippen LogP contribution in [0.2, 0.25) is 0 Å². The van der Waals surface area contributed by atoms with E-state index >= 15 is 0 Å². The van der Waals surface area contributed by atoms with Crippen LogP contribution in [0.4, 0.5) is 0 Å². The first-order valence-corrected chi connectivity index (χ1v) is 8.28. The highest BCUT2D eigenvalue weighted by Crippen LogP contribution is 2.53. The number of fused-ring (bicyclic) bond motifs is 2. The molecule has 3 saturated carbocycles. The van der Waals surface area contributed by atoms with Crippen LogP contribution in [0.15, 0.2) is 0 Å². The van der Waals surface area contributed by atoms with Gasteiger partial charge >= 0.3 is 0 Å². The average molecular weight is 250 g/mol. The predicted molar refractivity (Wildman–Crippen MR) is 75.3 cm³/mol. The Morgan fingerprint density at radius 1 is 0.778 bits per heavy atom. The zero-order chi connectivity index (χ0) is 12.8. The predicted octanol–water partition coefficient (Wildman–Crippen LogP) is 4.39. The smallest absolute Gasteiger partial charge is 0.0622 e. The molecule has 0 aromatic heterocycles. The fourth-order valence-corrected chi connectivity index (χ4v) is 5.53. The van der Waals surface area contributed by atoms with Crippen LogP contribution in [0, 0.1) is 29.6 Å². The number of aliphatic hydroxyl groups is 1. The highest BCUT2D eigenvalue weighted by atomic mass is 16.3. The molecule has 3 fully saturated rings. The fraction of sp³-hybridized carbons (Fsp3) is 1.00. The zero-order valence-corrected chi connectivity index (χ0v) is 12.2. The van der Waals surface area contributed by atoms with Crippen LogP contribution in [0.1, 0.15) is 71.6 Å². The van der Waals surface area contributed by atoms with Gasteiger partial charge in [0.15, 0.2) is 0 Å². The molecule has 0 heterocycles. The van der Waals surface area contributed by atoms with Crippen molar-refractivity contribution in [2.75, 3.05) is 0 Å². The summed E-state index contributed by atoms with van der Waals surface area (Å²) >= 11 is 0. The van der Waals surface area contributed by atoms with Crippen LogP contribution >= 0.6 is 0 Å². The first-order chi connectivity index (χ1) is 8.55. The molecule has 0 spiro atoms. The van der Waals surface area contributed by atoms with E-state index in [1.54, 1.807) is 0 Å². The third-order valence-electron chi connectivity index (χ3n) is 6.37. The standard InChI is InChI=1S/C17H30O/c1-17(2,18)16-9-5-8-14-10-12-6-3-4-7-13(12)11-15(14)16/h12-16,18H,3-11H2,1-2H3. The van der Waals surface area contributed by atoms with Crippen molar-refractivity contribution < 1.29 is 5.11 Å². The van der Waals surface area contributed by atoms with Crippen molar-refractivity contribution in [1.29, 1.82) is 0 Å². The highest BCUT2D eigenvalue weighted by molar-refractivity contribution is 4.96. The molecule has 3 aliphatic carbocycles. The van der Waals surface area contributed by atoms with Crippen LogP contribution in [-0.2, 0) is 0 Å². The lowest BCUT2D eigenvalue weighted by Crippen LogP contribution is -2.46. The third-order valence-corrected chi connectivity index (χ3v) is 6.37. The molecule has 1 nitrogen and oxygen atoms in total. The summed E-state index contributed by atoms with van der Waals surface area (Å²) in [7, 11) is 0. The minimum absolute atomic E-state index is 0.454. The molecule has 0 saturated heterocycles. The summed E-state index contributed by atoms with van der Waals surface area (Å²) in [5.41, 5.74) is -0.454. The van der Waals surface area contributed by atoms with E-state index in [4.69, 9.17) is 0 Å². The normalized spacial score (nSPS) is 45.2. The van der Waals surface area contributed by atoms with Crippen LogP contribution in [-0.4, -0.2) is 10.7 Å². The van der Waals surface area contributed by atoms with E-state index in [9.17, 15) is 5.11 Å². The first kappa shape index (κ1) is 13.0. The lowest BCUT2D eigenvalue weighted by Gasteiger charge is -2.51. The van der Waals surface area contributed by atoms with Gasteiger partial charge in [-0.05, 0) is 62.7 Å². The van der Waals surface area contributed by atoms with Gasteiger partial charge in [0.1, 0.15) is 0 Å². The lowest BCUT2D eigenvalue weighted by atomic mass is 9.55. The topological polar surface area (TPSA) is 20.2 Å². The van der Waals surface area contributed by atoms with Crippen molar-refractivity contribution in [3.8, 4) is 0 Å². The maximum atomic E-state index is 10.5. The van der Waals surface area contributed by atoms with Crippen LogP contribution < -0.4 is 0 Å². The molecule has 5 unspecified atom stereocenters. The minimum Gasteiger partial charge on any atom is -0.390 e. The van der Waals surface area contributed by atoms with Gasteiger partial charge in [-0.25, -0.2) is 0 Å². The summed E-state index contributed by atoms with van der Waals surface area (Å²) in [4.78, 5) is 0. The van der Waals surface area contributed by atoms with Gasteiger partial charge in [0, 0.05) is 0 Å². The molecule has 5 atom stereocenters. The van der Waals surface area contributed by atoms with Gasteiger partial charge in [0.2, 0.25) is 0 Å². The molecular formula is C17H30O. The Morgan fingerprint density at radius 2 is 1.39 bits per heavy atom. The van der Waals surface area contributed by atoms with E-state index < -0.39 is 5.60 Å². The molecule has 1 N–H and O–H groups in total. The largest absolute Gasteiger partial charge is 0.390 e. The second-order valence-corrected chi connectivity index (χ2v) is 7.89. The van der Waals surface area contributed by atoms with E-state index in [-0.39, 0.29) is 0 Å². The van der Waals surface area contributed by atoms with Gasteiger partial charge < -0.3 is 5.11 Å². The molecule has 0 amide bonds. The molecule has 104 valence electrons. The second-order valence-electron chi connectivity index (χ2n) is 7.89. The molecule has 0 aliphatic heterocycles. The van der Waals surface area contributed by atoms with Crippen molar-refractivity contribution >= 4 is 0 Å². The average Bonchev–Trinajstić information content (AvgIpc) is 2.34. The Balaban J connectivity index is 1.75. The van der Waals surface area contributed by atoms with Crippen LogP contribution in [0.25, 0.3) is 0 Å². The summed E-state index contributed by atoms with van der Waals surface area (Å²) in [6.07, 6.45) is 12.9. The Labute approximate surface area is 112 Å². The van der Waals surface area contributed by atoms with Gasteiger partial charge in [-0.15, -0.1) is 0 Å². The van der Waals surface area contributed by atoms with E-state index in [1.807, 2.05) is 13.8 Å². The molecule has 0 bridgehead atoms. The number of rotatable bonds is 1.